The summed E-state index contributed by atoms with van der Waals surface area (Å²) in [6.45, 7) is 12.5. The van der Waals surface area contributed by atoms with E-state index in [1.165, 1.54) is 12.1 Å². The molecule has 5 rings (SSSR count). The van der Waals surface area contributed by atoms with Gasteiger partial charge in [-0.3, -0.25) is 24.7 Å². The van der Waals surface area contributed by atoms with Crippen molar-refractivity contribution in [3.8, 4) is 0 Å². The SMILES string of the molecule is CC(C)(C)CNC(=O)COCCN1CCN(Cc2ccc3c(c2)nc(NC(=O)c2cccc(C(F)(F)F)c2)n3[C@H]2CC[C@@H](CO)CC2)CC1. The third-order valence-electron chi connectivity index (χ3n) is 9.34. The molecular weight excluding hydrogens is 637 g/mol. The number of amides is 2. The minimum Gasteiger partial charge on any atom is -0.396 e. The van der Waals surface area contributed by atoms with Gasteiger partial charge in [-0.2, -0.15) is 13.2 Å². The maximum absolute atomic E-state index is 13.3. The molecular formula is C36H49F3N6O4. The second kappa shape index (κ2) is 16.0. The lowest BCUT2D eigenvalue weighted by molar-refractivity contribution is -0.137. The van der Waals surface area contributed by atoms with Gasteiger partial charge in [-0.05, 0) is 72.9 Å². The molecule has 3 N–H and O–H groups in total. The van der Waals surface area contributed by atoms with Crippen LogP contribution in [0, 0.1) is 11.3 Å². The number of benzene rings is 2. The Hall–Kier alpha value is -3.52. The number of hydrogen-bond donors (Lipinski definition) is 3. The second-order valence-corrected chi connectivity index (χ2v) is 14.5. The van der Waals surface area contributed by atoms with Crippen molar-refractivity contribution >= 4 is 28.8 Å². The average molecular weight is 687 g/mol. The Balaban J connectivity index is 1.21. The topological polar surface area (TPSA) is 112 Å². The first kappa shape index (κ1) is 36.8. The number of anilines is 1. The van der Waals surface area contributed by atoms with Gasteiger partial charge in [-0.25, -0.2) is 4.98 Å². The molecule has 1 aliphatic carbocycles. The monoisotopic (exact) mass is 686 g/mol. The van der Waals surface area contributed by atoms with Crippen LogP contribution in [-0.4, -0.2) is 95.4 Å². The molecule has 2 aliphatic rings. The summed E-state index contributed by atoms with van der Waals surface area (Å²) in [6, 6.07) is 10.5. The number of aromatic nitrogens is 2. The van der Waals surface area contributed by atoms with Crippen LogP contribution in [0.25, 0.3) is 11.0 Å². The molecule has 0 atom stereocenters. The average Bonchev–Trinajstić information content (AvgIpc) is 3.42. The van der Waals surface area contributed by atoms with Crippen LogP contribution < -0.4 is 10.6 Å². The van der Waals surface area contributed by atoms with Crippen LogP contribution in [0.1, 0.15) is 74.0 Å². The maximum atomic E-state index is 13.3. The Kier molecular flexibility index (Phi) is 12.0. The van der Waals surface area contributed by atoms with Gasteiger partial charge in [0.15, 0.2) is 0 Å². The molecule has 1 saturated heterocycles. The highest BCUT2D eigenvalue weighted by molar-refractivity contribution is 6.04. The van der Waals surface area contributed by atoms with Gasteiger partial charge in [0.2, 0.25) is 11.9 Å². The van der Waals surface area contributed by atoms with Crippen molar-refractivity contribution in [1.82, 2.24) is 24.7 Å². The smallest absolute Gasteiger partial charge is 0.396 e. The summed E-state index contributed by atoms with van der Waals surface area (Å²) in [5.41, 5.74) is 1.70. The van der Waals surface area contributed by atoms with Gasteiger partial charge in [-0.1, -0.05) is 32.9 Å². The van der Waals surface area contributed by atoms with Crippen molar-refractivity contribution in [1.29, 1.82) is 0 Å². The zero-order valence-electron chi connectivity index (χ0n) is 28.7. The highest BCUT2D eigenvalue weighted by atomic mass is 19.4. The molecule has 0 radical (unpaired) electrons. The van der Waals surface area contributed by atoms with Gasteiger partial charge < -0.3 is 19.7 Å². The van der Waals surface area contributed by atoms with E-state index in [0.717, 1.165) is 88.2 Å². The van der Waals surface area contributed by atoms with Gasteiger partial charge in [0.25, 0.3) is 5.91 Å². The Labute approximate surface area is 286 Å². The zero-order valence-corrected chi connectivity index (χ0v) is 28.7. The number of imidazole rings is 1. The number of alkyl halides is 3. The lowest BCUT2D eigenvalue weighted by atomic mass is 9.86. The molecule has 0 spiro atoms. The maximum Gasteiger partial charge on any atom is 0.416 e. The van der Waals surface area contributed by atoms with Crippen molar-refractivity contribution in [3.05, 3.63) is 59.2 Å². The number of halogens is 3. The number of piperazine rings is 1. The summed E-state index contributed by atoms with van der Waals surface area (Å²) in [5, 5.41) is 15.4. The highest BCUT2D eigenvalue weighted by Crippen LogP contribution is 2.37. The van der Waals surface area contributed by atoms with Crippen LogP contribution in [0.15, 0.2) is 42.5 Å². The van der Waals surface area contributed by atoms with E-state index in [9.17, 15) is 27.9 Å². The van der Waals surface area contributed by atoms with Crippen LogP contribution >= 0.6 is 0 Å². The summed E-state index contributed by atoms with van der Waals surface area (Å²) in [4.78, 5) is 34.7. The van der Waals surface area contributed by atoms with Crippen molar-refractivity contribution in [3.63, 3.8) is 0 Å². The zero-order chi connectivity index (χ0) is 35.2. The second-order valence-electron chi connectivity index (χ2n) is 14.5. The van der Waals surface area contributed by atoms with Crippen molar-refractivity contribution < 1.29 is 32.6 Å². The molecule has 10 nitrogen and oxygen atoms in total. The number of aliphatic hydroxyl groups is 1. The molecule has 2 aromatic carbocycles. The third kappa shape index (κ3) is 10.3. The van der Waals surface area contributed by atoms with Crippen molar-refractivity contribution in [2.75, 3.05) is 64.4 Å². The van der Waals surface area contributed by atoms with E-state index in [1.807, 2.05) is 16.7 Å². The molecule has 3 aromatic rings. The fraction of sp³-hybridized carbons (Fsp3) is 0.583. The molecule has 0 bridgehead atoms. The number of carbonyl (C=O) groups is 2. The largest absolute Gasteiger partial charge is 0.416 e. The summed E-state index contributed by atoms with van der Waals surface area (Å²) < 4.78 is 47.6. The first-order valence-electron chi connectivity index (χ1n) is 17.2. The van der Waals surface area contributed by atoms with Gasteiger partial charge >= 0.3 is 6.18 Å². The number of rotatable bonds is 12. The number of hydrogen-bond acceptors (Lipinski definition) is 7. The van der Waals surface area contributed by atoms with Gasteiger partial charge in [0.05, 0.1) is 23.2 Å². The normalized spacial score (nSPS) is 19.7. The number of ether oxygens (including phenoxy) is 1. The van der Waals surface area contributed by atoms with E-state index < -0.39 is 17.6 Å². The minimum atomic E-state index is -4.56. The Morgan fingerprint density at radius 3 is 2.37 bits per heavy atom. The lowest BCUT2D eigenvalue weighted by Gasteiger charge is -2.34. The van der Waals surface area contributed by atoms with Gasteiger partial charge in [0, 0.05) is 64.0 Å². The fourth-order valence-corrected chi connectivity index (χ4v) is 6.50. The Bertz CT molecular complexity index is 1570. The number of nitrogens with one attached hydrogen (secondary N) is 2. The first-order valence-corrected chi connectivity index (χ1v) is 17.2. The van der Waals surface area contributed by atoms with Gasteiger partial charge in [0.1, 0.15) is 6.61 Å². The van der Waals surface area contributed by atoms with Crippen LogP contribution in [0.3, 0.4) is 0 Å². The van der Waals surface area contributed by atoms with Gasteiger partial charge in [-0.15, -0.1) is 0 Å². The van der Waals surface area contributed by atoms with E-state index in [0.29, 0.717) is 24.6 Å². The Morgan fingerprint density at radius 1 is 0.980 bits per heavy atom. The lowest BCUT2D eigenvalue weighted by Crippen LogP contribution is -2.47. The summed E-state index contributed by atoms with van der Waals surface area (Å²) in [7, 11) is 0. The number of fused-ring (bicyclic) bond motifs is 1. The quantitative estimate of drug-likeness (QED) is 0.221. The van der Waals surface area contributed by atoms with E-state index in [1.54, 1.807) is 0 Å². The molecule has 0 unspecified atom stereocenters. The minimum absolute atomic E-state index is 0.0300. The van der Waals surface area contributed by atoms with E-state index >= 15 is 0 Å². The fourth-order valence-electron chi connectivity index (χ4n) is 6.50. The Morgan fingerprint density at radius 2 is 1.69 bits per heavy atom. The van der Waals surface area contributed by atoms with E-state index in [2.05, 4.69) is 47.3 Å². The van der Waals surface area contributed by atoms with E-state index in [-0.39, 0.29) is 42.1 Å². The molecule has 2 heterocycles. The van der Waals surface area contributed by atoms with Crippen LogP contribution in [0.2, 0.25) is 0 Å². The highest BCUT2D eigenvalue weighted by Gasteiger charge is 2.31. The predicted octanol–water partition coefficient (Wildman–Crippen LogP) is 5.33. The molecule has 2 fully saturated rings. The van der Waals surface area contributed by atoms with Crippen LogP contribution in [-0.2, 0) is 22.3 Å². The molecule has 1 aliphatic heterocycles. The third-order valence-corrected chi connectivity index (χ3v) is 9.34. The summed E-state index contributed by atoms with van der Waals surface area (Å²) in [6.07, 6.45) is -1.29. The predicted molar refractivity (Wildman–Crippen MR) is 182 cm³/mol. The van der Waals surface area contributed by atoms with Crippen molar-refractivity contribution in [2.24, 2.45) is 11.3 Å². The van der Waals surface area contributed by atoms with Crippen LogP contribution in [0.4, 0.5) is 19.1 Å². The number of carbonyl (C=O) groups excluding carboxylic acids is 2. The summed E-state index contributed by atoms with van der Waals surface area (Å²) >= 11 is 0. The molecule has 2 amide bonds. The standard InChI is InChI=1S/C36H49F3N6O4/c1-35(2,3)24-40-32(47)23-49-18-17-43-13-15-44(16-14-43)21-26-9-12-31-30(19-26)41-34(45(31)29-10-7-25(22-46)8-11-29)42-33(48)27-5-4-6-28(20-27)36(37,38)39/h4-6,9,12,19-20,25,29,46H,7-8,10-11,13-18,21-24H2,1-3H3,(H,40,47)(H,41,42,48)/t25-,29+. The van der Waals surface area contributed by atoms with Crippen LogP contribution in [0.5, 0.6) is 0 Å². The summed E-state index contributed by atoms with van der Waals surface area (Å²) in [5.74, 6) is -0.206. The molecule has 49 heavy (non-hydrogen) atoms. The van der Waals surface area contributed by atoms with E-state index in [4.69, 9.17) is 9.72 Å². The number of nitrogens with zero attached hydrogens (tertiary/aromatic N) is 4. The molecule has 1 aromatic heterocycles. The number of aliphatic hydroxyl groups excluding tert-OH is 1. The molecule has 13 heteroatoms. The molecule has 1 saturated carbocycles. The van der Waals surface area contributed by atoms with Crippen molar-refractivity contribution in [2.45, 2.75) is 65.2 Å². The molecule has 268 valence electrons. The first-order chi connectivity index (χ1) is 23.3.